The van der Waals surface area contributed by atoms with Gasteiger partial charge in [0.2, 0.25) is 11.8 Å². The molecular formula is C21H28F2N4O3. The Kier molecular flexibility index (Phi) is 7.02. The van der Waals surface area contributed by atoms with E-state index in [1.807, 2.05) is 6.07 Å². The highest BCUT2D eigenvalue weighted by Gasteiger charge is 2.39. The van der Waals surface area contributed by atoms with Crippen molar-refractivity contribution in [1.29, 1.82) is 0 Å². The lowest BCUT2D eigenvalue weighted by Gasteiger charge is -2.34. The lowest BCUT2D eigenvalue weighted by atomic mass is 10.0. The van der Waals surface area contributed by atoms with Crippen molar-refractivity contribution in [1.82, 2.24) is 15.1 Å². The summed E-state index contributed by atoms with van der Waals surface area (Å²) in [5.74, 6) is -3.65. The molecule has 164 valence electrons. The minimum Gasteiger partial charge on any atom is -0.350 e. The van der Waals surface area contributed by atoms with Gasteiger partial charge in [0.25, 0.3) is 11.8 Å². The topological polar surface area (TPSA) is 95.7 Å². The minimum absolute atomic E-state index is 0.0293. The molecule has 3 N–H and O–H groups in total. The summed E-state index contributed by atoms with van der Waals surface area (Å²) < 4.78 is 27.1. The van der Waals surface area contributed by atoms with Crippen LogP contribution in [0.3, 0.4) is 0 Å². The molecular weight excluding hydrogens is 394 g/mol. The van der Waals surface area contributed by atoms with Gasteiger partial charge in [0.1, 0.15) is 0 Å². The van der Waals surface area contributed by atoms with Crippen LogP contribution in [0.2, 0.25) is 0 Å². The van der Waals surface area contributed by atoms with Crippen LogP contribution in [0.25, 0.3) is 0 Å². The van der Waals surface area contributed by atoms with Crippen molar-refractivity contribution in [2.75, 3.05) is 26.2 Å². The molecule has 2 fully saturated rings. The standard InChI is InChI=1S/C21H28F2N4O3/c22-21(23)9-8-18(28)26(14-21)13-16(24)11-19(29)27-10-4-7-17(27)12-25-20(30)15-5-2-1-3-6-15/h1-3,5-6,16-17H,4,7-14,24H2,(H,25,30)/t16-,17?/m0/s1. The summed E-state index contributed by atoms with van der Waals surface area (Å²) in [7, 11) is 0. The second kappa shape index (κ2) is 9.51. The van der Waals surface area contributed by atoms with Crippen molar-refractivity contribution >= 4 is 17.7 Å². The maximum absolute atomic E-state index is 13.6. The number of hydrogen-bond acceptors (Lipinski definition) is 4. The highest BCUT2D eigenvalue weighted by molar-refractivity contribution is 5.94. The SMILES string of the molecule is N[C@@H](CC(=O)N1CCCC1CNC(=O)c1ccccc1)CN1CC(F)(F)CCC1=O. The van der Waals surface area contributed by atoms with Gasteiger partial charge in [0.05, 0.1) is 6.54 Å². The summed E-state index contributed by atoms with van der Waals surface area (Å²) >= 11 is 0. The highest BCUT2D eigenvalue weighted by atomic mass is 19.3. The van der Waals surface area contributed by atoms with Crippen LogP contribution in [-0.4, -0.2) is 71.7 Å². The van der Waals surface area contributed by atoms with Gasteiger partial charge in [-0.3, -0.25) is 14.4 Å². The minimum atomic E-state index is -2.91. The number of amides is 3. The number of nitrogens with one attached hydrogen (secondary N) is 1. The van der Waals surface area contributed by atoms with Crippen LogP contribution in [0, 0.1) is 0 Å². The van der Waals surface area contributed by atoms with Crippen LogP contribution in [-0.2, 0) is 9.59 Å². The third kappa shape index (κ3) is 5.75. The number of carbonyl (C=O) groups is 3. The van der Waals surface area contributed by atoms with Crippen LogP contribution in [0.15, 0.2) is 30.3 Å². The van der Waals surface area contributed by atoms with Gasteiger partial charge in [0.15, 0.2) is 0 Å². The van der Waals surface area contributed by atoms with Crippen molar-refractivity contribution < 1.29 is 23.2 Å². The molecule has 1 unspecified atom stereocenters. The number of benzene rings is 1. The molecule has 7 nitrogen and oxygen atoms in total. The van der Waals surface area contributed by atoms with Gasteiger partial charge in [-0.1, -0.05) is 18.2 Å². The van der Waals surface area contributed by atoms with Crippen LogP contribution in [0.1, 0.15) is 42.5 Å². The van der Waals surface area contributed by atoms with Crippen molar-refractivity contribution in [3.63, 3.8) is 0 Å². The van der Waals surface area contributed by atoms with E-state index in [1.165, 1.54) is 0 Å². The Labute approximate surface area is 174 Å². The third-order valence-electron chi connectivity index (χ3n) is 5.60. The second-order valence-corrected chi connectivity index (χ2v) is 8.05. The summed E-state index contributed by atoms with van der Waals surface area (Å²) in [4.78, 5) is 39.6. The van der Waals surface area contributed by atoms with Crippen molar-refractivity contribution in [3.05, 3.63) is 35.9 Å². The number of likely N-dealkylation sites (tertiary alicyclic amines) is 2. The molecule has 0 bridgehead atoms. The number of halogens is 2. The van der Waals surface area contributed by atoms with Crippen molar-refractivity contribution in [2.45, 2.75) is 50.1 Å². The van der Waals surface area contributed by atoms with Gasteiger partial charge in [-0.25, -0.2) is 8.78 Å². The first kappa shape index (κ1) is 22.1. The molecule has 2 atom stereocenters. The Morgan fingerprint density at radius 1 is 1.27 bits per heavy atom. The van der Waals surface area contributed by atoms with Gasteiger partial charge in [-0.2, -0.15) is 0 Å². The molecule has 2 aliphatic heterocycles. The van der Waals surface area contributed by atoms with E-state index in [4.69, 9.17) is 5.73 Å². The first-order chi connectivity index (χ1) is 14.2. The number of nitrogens with two attached hydrogens (primary N) is 1. The third-order valence-corrected chi connectivity index (χ3v) is 5.60. The van der Waals surface area contributed by atoms with Crippen LogP contribution >= 0.6 is 0 Å². The molecule has 0 radical (unpaired) electrons. The molecule has 3 rings (SSSR count). The van der Waals surface area contributed by atoms with Crippen LogP contribution in [0.5, 0.6) is 0 Å². The molecule has 3 amide bonds. The number of carbonyl (C=O) groups excluding carboxylic acids is 3. The lowest BCUT2D eigenvalue weighted by molar-refractivity contribution is -0.148. The van der Waals surface area contributed by atoms with Crippen molar-refractivity contribution in [3.8, 4) is 0 Å². The number of rotatable bonds is 7. The Balaban J connectivity index is 1.49. The molecule has 1 aromatic rings. The molecule has 1 aromatic carbocycles. The summed E-state index contributed by atoms with van der Waals surface area (Å²) in [5.41, 5.74) is 6.57. The zero-order valence-electron chi connectivity index (χ0n) is 16.9. The predicted molar refractivity (Wildman–Crippen MR) is 107 cm³/mol. The Bertz CT molecular complexity index is 775. The fraction of sp³-hybridized carbons (Fsp3) is 0.571. The smallest absolute Gasteiger partial charge is 0.265 e. The maximum Gasteiger partial charge on any atom is 0.265 e. The van der Waals surface area contributed by atoms with E-state index in [1.54, 1.807) is 29.2 Å². The van der Waals surface area contributed by atoms with Gasteiger partial charge in [0, 0.05) is 56.5 Å². The molecule has 30 heavy (non-hydrogen) atoms. The zero-order valence-corrected chi connectivity index (χ0v) is 16.9. The quantitative estimate of drug-likeness (QED) is 0.694. The van der Waals surface area contributed by atoms with Gasteiger partial charge in [-0.05, 0) is 25.0 Å². The van der Waals surface area contributed by atoms with Crippen LogP contribution in [0.4, 0.5) is 8.78 Å². The Morgan fingerprint density at radius 2 is 2.00 bits per heavy atom. The summed E-state index contributed by atoms with van der Waals surface area (Å²) in [6, 6.07) is 7.99. The first-order valence-electron chi connectivity index (χ1n) is 10.3. The van der Waals surface area contributed by atoms with Gasteiger partial charge in [-0.15, -0.1) is 0 Å². The molecule has 0 aromatic heterocycles. The molecule has 0 saturated carbocycles. The Morgan fingerprint density at radius 3 is 2.73 bits per heavy atom. The summed E-state index contributed by atoms with van der Waals surface area (Å²) in [6.07, 6.45) is 0.915. The number of piperidine rings is 1. The van der Waals surface area contributed by atoms with E-state index < -0.39 is 24.9 Å². The summed E-state index contributed by atoms with van der Waals surface area (Å²) in [5, 5.41) is 2.86. The lowest BCUT2D eigenvalue weighted by Crippen LogP contribution is -2.51. The fourth-order valence-corrected chi connectivity index (χ4v) is 4.03. The predicted octanol–water partition coefficient (Wildman–Crippen LogP) is 1.38. The maximum atomic E-state index is 13.6. The average Bonchev–Trinajstić information content (AvgIpc) is 3.18. The van der Waals surface area contributed by atoms with E-state index in [2.05, 4.69) is 5.32 Å². The molecule has 0 aliphatic carbocycles. The highest BCUT2D eigenvalue weighted by Crippen LogP contribution is 2.27. The number of alkyl halides is 2. The van der Waals surface area contributed by atoms with Gasteiger partial charge < -0.3 is 20.9 Å². The Hall–Kier alpha value is -2.55. The van der Waals surface area contributed by atoms with Crippen LogP contribution < -0.4 is 11.1 Å². The fourth-order valence-electron chi connectivity index (χ4n) is 4.03. The normalized spacial score (nSPS) is 22.1. The van der Waals surface area contributed by atoms with Crippen molar-refractivity contribution in [2.24, 2.45) is 5.73 Å². The molecule has 2 saturated heterocycles. The molecule has 2 aliphatic rings. The second-order valence-electron chi connectivity index (χ2n) is 8.05. The van der Waals surface area contributed by atoms with E-state index in [9.17, 15) is 23.2 Å². The average molecular weight is 422 g/mol. The zero-order chi connectivity index (χ0) is 21.7. The largest absolute Gasteiger partial charge is 0.350 e. The van der Waals surface area contributed by atoms with E-state index in [-0.39, 0.29) is 43.1 Å². The monoisotopic (exact) mass is 422 g/mol. The summed E-state index contributed by atoms with van der Waals surface area (Å²) in [6.45, 7) is 0.193. The first-order valence-corrected chi connectivity index (χ1v) is 10.3. The van der Waals surface area contributed by atoms with Gasteiger partial charge >= 0.3 is 0 Å². The molecule has 2 heterocycles. The number of hydrogen-bond donors (Lipinski definition) is 2. The van der Waals surface area contributed by atoms with E-state index in [0.717, 1.165) is 17.7 Å². The number of nitrogens with zero attached hydrogens (tertiary/aromatic N) is 2. The van der Waals surface area contributed by atoms with E-state index in [0.29, 0.717) is 18.7 Å². The molecule has 9 heteroatoms. The molecule has 0 spiro atoms. The van der Waals surface area contributed by atoms with E-state index >= 15 is 0 Å².